The largest absolute Gasteiger partial charge is 0.363 e. The summed E-state index contributed by atoms with van der Waals surface area (Å²) >= 11 is 0. The molecule has 33 heavy (non-hydrogen) atoms. The molecular weight excluding hydrogens is 416 g/mol. The van der Waals surface area contributed by atoms with Crippen LogP contribution in [0.15, 0.2) is 53.5 Å². The van der Waals surface area contributed by atoms with Gasteiger partial charge in [-0.15, -0.1) is 0 Å². The van der Waals surface area contributed by atoms with Crippen LogP contribution in [0.25, 0.3) is 10.9 Å². The molecule has 1 amide bonds. The van der Waals surface area contributed by atoms with E-state index in [1.165, 1.54) is 4.57 Å². The molecule has 1 atom stereocenters. The van der Waals surface area contributed by atoms with Gasteiger partial charge in [-0.05, 0) is 37.6 Å². The van der Waals surface area contributed by atoms with Crippen molar-refractivity contribution in [1.82, 2.24) is 24.8 Å². The molecule has 2 N–H and O–H groups in total. The Bertz CT molecular complexity index is 1390. The topological polar surface area (TPSA) is 95.9 Å². The number of aromatic amines is 1. The van der Waals surface area contributed by atoms with Crippen molar-refractivity contribution >= 4 is 22.6 Å². The van der Waals surface area contributed by atoms with Crippen molar-refractivity contribution in [2.45, 2.75) is 26.3 Å². The van der Waals surface area contributed by atoms with E-state index in [-0.39, 0.29) is 11.1 Å². The van der Waals surface area contributed by atoms with E-state index in [0.29, 0.717) is 17.9 Å². The van der Waals surface area contributed by atoms with E-state index in [2.05, 4.69) is 20.3 Å². The first kappa shape index (κ1) is 22.3. The van der Waals surface area contributed by atoms with Gasteiger partial charge in [0.1, 0.15) is 17.2 Å². The SMILES string of the molecule is Cc1nc(C(Cc2c[nH]c3ccccc23)NC(=O)c2ccc(C)n(C)c2=O)cc(N(C)C)n1. The number of hydrogen-bond donors (Lipinski definition) is 2. The Morgan fingerprint density at radius 2 is 1.91 bits per heavy atom. The molecule has 0 aliphatic heterocycles. The predicted molar refractivity (Wildman–Crippen MR) is 130 cm³/mol. The number of fused-ring (bicyclic) bond motifs is 1. The van der Waals surface area contributed by atoms with Crippen LogP contribution in [0, 0.1) is 13.8 Å². The molecule has 1 unspecified atom stereocenters. The Balaban J connectivity index is 1.75. The number of hydrogen-bond acceptors (Lipinski definition) is 5. The molecule has 8 nitrogen and oxygen atoms in total. The van der Waals surface area contributed by atoms with Crippen LogP contribution < -0.4 is 15.8 Å². The zero-order valence-corrected chi connectivity index (χ0v) is 19.5. The summed E-state index contributed by atoms with van der Waals surface area (Å²) in [7, 11) is 5.48. The van der Waals surface area contributed by atoms with Gasteiger partial charge in [-0.25, -0.2) is 9.97 Å². The first-order chi connectivity index (χ1) is 15.7. The third-order valence-corrected chi connectivity index (χ3v) is 5.86. The van der Waals surface area contributed by atoms with Crippen molar-refractivity contribution in [3.63, 3.8) is 0 Å². The van der Waals surface area contributed by atoms with Gasteiger partial charge < -0.3 is 19.8 Å². The number of para-hydroxylation sites is 1. The third kappa shape index (κ3) is 4.50. The molecule has 0 spiro atoms. The molecule has 0 aliphatic carbocycles. The second-order valence-corrected chi connectivity index (χ2v) is 8.43. The molecule has 3 aromatic heterocycles. The van der Waals surface area contributed by atoms with Crippen molar-refractivity contribution in [1.29, 1.82) is 0 Å². The maximum Gasteiger partial charge on any atom is 0.263 e. The van der Waals surface area contributed by atoms with Crippen molar-refractivity contribution in [2.24, 2.45) is 7.05 Å². The molecule has 8 heteroatoms. The summed E-state index contributed by atoms with van der Waals surface area (Å²) in [5, 5.41) is 4.14. The number of H-pyrrole nitrogens is 1. The summed E-state index contributed by atoms with van der Waals surface area (Å²) in [6, 6.07) is 12.8. The van der Waals surface area contributed by atoms with Crippen LogP contribution in [0.5, 0.6) is 0 Å². The molecule has 0 aliphatic rings. The number of nitrogens with zero attached hydrogens (tertiary/aromatic N) is 4. The molecule has 0 fully saturated rings. The molecule has 4 aromatic rings. The first-order valence-electron chi connectivity index (χ1n) is 10.8. The van der Waals surface area contributed by atoms with Crippen LogP contribution in [0.4, 0.5) is 5.82 Å². The van der Waals surface area contributed by atoms with Gasteiger partial charge in [-0.3, -0.25) is 9.59 Å². The highest BCUT2D eigenvalue weighted by Gasteiger charge is 2.22. The Morgan fingerprint density at radius 1 is 1.15 bits per heavy atom. The lowest BCUT2D eigenvalue weighted by Gasteiger charge is -2.21. The summed E-state index contributed by atoms with van der Waals surface area (Å²) < 4.78 is 1.47. The zero-order chi connectivity index (χ0) is 23.7. The van der Waals surface area contributed by atoms with Gasteiger partial charge >= 0.3 is 0 Å². The van der Waals surface area contributed by atoms with Crippen LogP contribution in [0.3, 0.4) is 0 Å². The summed E-state index contributed by atoms with van der Waals surface area (Å²) in [5.41, 5.74) is 3.33. The fourth-order valence-corrected chi connectivity index (χ4v) is 3.87. The highest BCUT2D eigenvalue weighted by Crippen LogP contribution is 2.25. The van der Waals surface area contributed by atoms with Gasteiger partial charge in [0.15, 0.2) is 0 Å². The molecule has 4 rings (SSSR count). The second-order valence-electron chi connectivity index (χ2n) is 8.43. The fourth-order valence-electron chi connectivity index (χ4n) is 3.87. The fraction of sp³-hybridized carbons (Fsp3) is 0.280. The van der Waals surface area contributed by atoms with Gasteiger partial charge in [-0.1, -0.05) is 18.2 Å². The van der Waals surface area contributed by atoms with Crippen LogP contribution >= 0.6 is 0 Å². The zero-order valence-electron chi connectivity index (χ0n) is 19.5. The lowest BCUT2D eigenvalue weighted by molar-refractivity contribution is 0.0933. The van der Waals surface area contributed by atoms with Gasteiger partial charge in [0.25, 0.3) is 11.5 Å². The molecule has 0 radical (unpaired) electrons. The van der Waals surface area contributed by atoms with Gasteiger partial charge in [0, 0.05) is 56.4 Å². The first-order valence-corrected chi connectivity index (χ1v) is 10.8. The smallest absolute Gasteiger partial charge is 0.263 e. The number of pyridine rings is 1. The Morgan fingerprint density at radius 3 is 2.67 bits per heavy atom. The Labute approximate surface area is 192 Å². The van der Waals surface area contributed by atoms with Gasteiger partial charge in [0.05, 0.1) is 11.7 Å². The number of aromatic nitrogens is 4. The maximum atomic E-state index is 13.2. The minimum atomic E-state index is -0.455. The van der Waals surface area contributed by atoms with E-state index < -0.39 is 11.9 Å². The lowest BCUT2D eigenvalue weighted by Crippen LogP contribution is -2.36. The number of carbonyl (C=O) groups is 1. The van der Waals surface area contributed by atoms with Crippen molar-refractivity contribution in [2.75, 3.05) is 19.0 Å². The van der Waals surface area contributed by atoms with E-state index in [0.717, 1.165) is 28.0 Å². The molecule has 3 heterocycles. The molecule has 1 aromatic carbocycles. The number of amides is 1. The maximum absolute atomic E-state index is 13.2. The minimum Gasteiger partial charge on any atom is -0.363 e. The summed E-state index contributed by atoms with van der Waals surface area (Å²) in [6.45, 7) is 3.66. The highest BCUT2D eigenvalue weighted by molar-refractivity contribution is 5.94. The summed E-state index contributed by atoms with van der Waals surface area (Å²) in [5.74, 6) is 0.936. The van der Waals surface area contributed by atoms with Crippen molar-refractivity contribution in [3.8, 4) is 0 Å². The number of rotatable bonds is 6. The minimum absolute atomic E-state index is 0.102. The van der Waals surface area contributed by atoms with Crippen LogP contribution in [0.2, 0.25) is 0 Å². The number of carbonyl (C=O) groups excluding carboxylic acids is 1. The van der Waals surface area contributed by atoms with Gasteiger partial charge in [-0.2, -0.15) is 0 Å². The van der Waals surface area contributed by atoms with Crippen LogP contribution in [-0.4, -0.2) is 39.5 Å². The average molecular weight is 445 g/mol. The highest BCUT2D eigenvalue weighted by atomic mass is 16.2. The number of anilines is 1. The molecular formula is C25H28N6O2. The van der Waals surface area contributed by atoms with E-state index in [1.54, 1.807) is 19.2 Å². The number of nitrogens with one attached hydrogen (secondary N) is 2. The van der Waals surface area contributed by atoms with Crippen molar-refractivity contribution in [3.05, 3.63) is 87.4 Å². The van der Waals surface area contributed by atoms with E-state index in [9.17, 15) is 9.59 Å². The predicted octanol–water partition coefficient (Wildman–Crippen LogP) is 3.05. The lowest BCUT2D eigenvalue weighted by atomic mass is 10.0. The van der Waals surface area contributed by atoms with E-state index in [1.807, 2.05) is 69.4 Å². The average Bonchev–Trinajstić information content (AvgIpc) is 3.19. The molecule has 170 valence electrons. The van der Waals surface area contributed by atoms with Crippen LogP contribution in [0.1, 0.15) is 39.2 Å². The van der Waals surface area contributed by atoms with Gasteiger partial charge in [0.2, 0.25) is 0 Å². The summed E-state index contributed by atoms with van der Waals surface area (Å²) in [6.07, 6.45) is 2.46. The van der Waals surface area contributed by atoms with Crippen molar-refractivity contribution < 1.29 is 4.79 Å². The third-order valence-electron chi connectivity index (χ3n) is 5.86. The summed E-state index contributed by atoms with van der Waals surface area (Å²) in [4.78, 5) is 40.2. The molecule has 0 saturated heterocycles. The van der Waals surface area contributed by atoms with Crippen LogP contribution in [-0.2, 0) is 13.5 Å². The standard InChI is InChI=1S/C25H28N6O2/c1-15-10-11-19(25(33)31(15)5)24(32)29-21(22-13-23(30(3)4)28-16(2)27-22)12-17-14-26-20-9-7-6-8-18(17)20/h6-11,13-14,21,26H,12H2,1-5H3,(H,29,32). The normalized spacial score (nSPS) is 12.0. The molecule has 0 bridgehead atoms. The van der Waals surface area contributed by atoms with E-state index in [4.69, 9.17) is 0 Å². The Kier molecular flexibility index (Phi) is 6.00. The second kappa shape index (κ2) is 8.90. The van der Waals surface area contributed by atoms with E-state index >= 15 is 0 Å². The number of benzene rings is 1. The quantitative estimate of drug-likeness (QED) is 0.477. The monoisotopic (exact) mass is 444 g/mol. The number of aryl methyl sites for hydroxylation is 2. The molecule has 0 saturated carbocycles. The Hall–Kier alpha value is -3.94.